The Labute approximate surface area is 139 Å². The first kappa shape index (κ1) is 17.2. The number of hydrogen-bond donors (Lipinski definition) is 2. The van der Waals surface area contributed by atoms with Crippen molar-refractivity contribution in [1.82, 2.24) is 0 Å². The Morgan fingerprint density at radius 1 is 0.917 bits per heavy atom. The number of benzene rings is 2. The molecule has 6 heteroatoms. The molecule has 0 atom stereocenters. The van der Waals surface area contributed by atoms with E-state index in [4.69, 9.17) is 10.5 Å². The Morgan fingerprint density at radius 2 is 1.58 bits per heavy atom. The van der Waals surface area contributed by atoms with Gasteiger partial charge in [0, 0.05) is 24.1 Å². The molecule has 2 rings (SSSR count). The molecule has 0 aromatic heterocycles. The van der Waals surface area contributed by atoms with Gasteiger partial charge in [-0.25, -0.2) is 0 Å². The highest BCUT2D eigenvalue weighted by molar-refractivity contribution is 5.99. The fourth-order valence-electron chi connectivity index (χ4n) is 2.01. The van der Waals surface area contributed by atoms with E-state index < -0.39 is 5.91 Å². The fourth-order valence-corrected chi connectivity index (χ4v) is 2.01. The molecule has 0 aliphatic rings. The summed E-state index contributed by atoms with van der Waals surface area (Å²) in [5.41, 5.74) is 6.17. The van der Waals surface area contributed by atoms with E-state index in [1.165, 1.54) is 0 Å². The third-order valence-electron chi connectivity index (χ3n) is 3.19. The van der Waals surface area contributed by atoms with Crippen molar-refractivity contribution in [3.05, 3.63) is 60.2 Å². The van der Waals surface area contributed by atoms with Gasteiger partial charge >= 0.3 is 0 Å². The maximum absolute atomic E-state index is 11.9. The lowest BCUT2D eigenvalue weighted by Gasteiger charge is -2.07. The number of carbonyl (C=O) groups is 3. The molecule has 0 unspecified atom stereocenters. The lowest BCUT2D eigenvalue weighted by atomic mass is 10.1. The van der Waals surface area contributed by atoms with Crippen LogP contribution >= 0.6 is 0 Å². The molecule has 0 heterocycles. The topological polar surface area (TPSA) is 98.5 Å². The predicted molar refractivity (Wildman–Crippen MR) is 89.8 cm³/mol. The molecule has 2 aromatic carbocycles. The van der Waals surface area contributed by atoms with E-state index in [0.717, 1.165) is 0 Å². The number of nitrogens with two attached hydrogens (primary N) is 1. The first-order valence-corrected chi connectivity index (χ1v) is 7.44. The van der Waals surface area contributed by atoms with E-state index in [0.29, 0.717) is 17.0 Å². The molecule has 0 aliphatic carbocycles. The van der Waals surface area contributed by atoms with Crippen molar-refractivity contribution in [2.75, 3.05) is 11.9 Å². The monoisotopic (exact) mass is 326 g/mol. The molecule has 2 amide bonds. The Balaban J connectivity index is 1.80. The minimum Gasteiger partial charge on any atom is -0.484 e. The van der Waals surface area contributed by atoms with Gasteiger partial charge in [0.2, 0.25) is 5.91 Å². The molecule has 0 saturated heterocycles. The number of rotatable bonds is 8. The number of ether oxygens (including phenoxy) is 1. The van der Waals surface area contributed by atoms with E-state index >= 15 is 0 Å². The van der Waals surface area contributed by atoms with Gasteiger partial charge in [0.25, 0.3) is 5.91 Å². The van der Waals surface area contributed by atoms with Gasteiger partial charge in [-0.2, -0.15) is 0 Å². The minimum absolute atomic E-state index is 0.0686. The molecule has 0 spiro atoms. The number of primary amides is 1. The third-order valence-corrected chi connectivity index (χ3v) is 3.19. The second-order valence-corrected chi connectivity index (χ2v) is 5.12. The fraction of sp³-hybridized carbons (Fsp3) is 0.167. The standard InChI is InChI=1S/C18H18N2O4/c19-17(22)12-24-15-8-6-14(7-9-15)20-18(23)11-10-16(21)13-4-2-1-3-5-13/h1-9H,10-12H2,(H2,19,22)(H,20,23). The summed E-state index contributed by atoms with van der Waals surface area (Å²) in [6.07, 6.45) is 0.253. The number of anilines is 1. The van der Waals surface area contributed by atoms with Crippen LogP contribution in [0.3, 0.4) is 0 Å². The molecule has 24 heavy (non-hydrogen) atoms. The van der Waals surface area contributed by atoms with Crippen LogP contribution in [0.5, 0.6) is 5.75 Å². The Hall–Kier alpha value is -3.15. The summed E-state index contributed by atoms with van der Waals surface area (Å²) in [6, 6.07) is 15.4. The van der Waals surface area contributed by atoms with E-state index in [1.807, 2.05) is 6.07 Å². The van der Waals surface area contributed by atoms with Gasteiger partial charge in [0.1, 0.15) is 5.75 Å². The third kappa shape index (κ3) is 5.57. The van der Waals surface area contributed by atoms with E-state index in [-0.39, 0.29) is 31.1 Å². The predicted octanol–water partition coefficient (Wildman–Crippen LogP) is 2.15. The Morgan fingerprint density at radius 3 is 2.21 bits per heavy atom. The molecule has 3 N–H and O–H groups in total. The maximum Gasteiger partial charge on any atom is 0.255 e. The summed E-state index contributed by atoms with van der Waals surface area (Å²) < 4.78 is 5.12. The van der Waals surface area contributed by atoms with Gasteiger partial charge < -0.3 is 15.8 Å². The molecule has 0 aliphatic heterocycles. The Bertz CT molecular complexity index is 712. The van der Waals surface area contributed by atoms with E-state index in [1.54, 1.807) is 48.5 Å². The highest BCUT2D eigenvalue weighted by Gasteiger charge is 2.09. The van der Waals surface area contributed by atoms with Gasteiger partial charge in [0.15, 0.2) is 12.4 Å². The zero-order valence-corrected chi connectivity index (χ0v) is 13.0. The highest BCUT2D eigenvalue weighted by Crippen LogP contribution is 2.16. The molecule has 2 aromatic rings. The van der Waals surface area contributed by atoms with Crippen LogP contribution in [0, 0.1) is 0 Å². The molecular weight excluding hydrogens is 308 g/mol. The molecule has 6 nitrogen and oxygen atoms in total. The van der Waals surface area contributed by atoms with Crippen LogP contribution in [0.1, 0.15) is 23.2 Å². The first-order valence-electron chi connectivity index (χ1n) is 7.44. The summed E-state index contributed by atoms with van der Waals surface area (Å²) >= 11 is 0. The normalized spacial score (nSPS) is 10.0. The highest BCUT2D eigenvalue weighted by atomic mass is 16.5. The number of carbonyl (C=O) groups excluding carboxylic acids is 3. The summed E-state index contributed by atoms with van der Waals surface area (Å²) in [5.74, 6) is -0.396. The lowest BCUT2D eigenvalue weighted by molar-refractivity contribution is -0.120. The van der Waals surface area contributed by atoms with Gasteiger partial charge in [0.05, 0.1) is 0 Å². The molecule has 0 bridgehead atoms. The van der Waals surface area contributed by atoms with Crippen LogP contribution in [0.25, 0.3) is 0 Å². The van der Waals surface area contributed by atoms with Gasteiger partial charge in [-0.3, -0.25) is 14.4 Å². The van der Waals surface area contributed by atoms with Gasteiger partial charge in [-0.15, -0.1) is 0 Å². The van der Waals surface area contributed by atoms with Crippen molar-refractivity contribution >= 4 is 23.3 Å². The first-order chi connectivity index (χ1) is 11.5. The Kier molecular flexibility index (Phi) is 6.08. The lowest BCUT2D eigenvalue weighted by Crippen LogP contribution is -2.20. The second kappa shape index (κ2) is 8.47. The van der Waals surface area contributed by atoms with Crippen molar-refractivity contribution in [2.24, 2.45) is 5.73 Å². The SMILES string of the molecule is NC(=O)COc1ccc(NC(=O)CCC(=O)c2ccccc2)cc1. The van der Waals surface area contributed by atoms with Gasteiger partial charge in [-0.1, -0.05) is 30.3 Å². The molecular formula is C18H18N2O4. The van der Waals surface area contributed by atoms with Crippen LogP contribution in [0.15, 0.2) is 54.6 Å². The van der Waals surface area contributed by atoms with Crippen LogP contribution in [-0.2, 0) is 9.59 Å². The maximum atomic E-state index is 11.9. The van der Waals surface area contributed by atoms with Crippen LogP contribution in [0.2, 0.25) is 0 Å². The van der Waals surface area contributed by atoms with Crippen molar-refractivity contribution in [3.63, 3.8) is 0 Å². The van der Waals surface area contributed by atoms with Crippen molar-refractivity contribution in [1.29, 1.82) is 0 Å². The summed E-state index contributed by atoms with van der Waals surface area (Å²) in [7, 11) is 0. The number of ketones is 1. The zero-order chi connectivity index (χ0) is 17.4. The molecule has 0 fully saturated rings. The summed E-state index contributed by atoms with van der Waals surface area (Å²) in [5, 5.41) is 2.70. The molecule has 0 saturated carbocycles. The van der Waals surface area contributed by atoms with Crippen LogP contribution in [-0.4, -0.2) is 24.2 Å². The summed E-state index contributed by atoms with van der Waals surface area (Å²) in [6.45, 7) is -0.201. The smallest absolute Gasteiger partial charge is 0.255 e. The second-order valence-electron chi connectivity index (χ2n) is 5.12. The number of hydrogen-bond acceptors (Lipinski definition) is 4. The number of amides is 2. The van der Waals surface area contributed by atoms with Crippen LogP contribution in [0.4, 0.5) is 5.69 Å². The van der Waals surface area contributed by atoms with Crippen molar-refractivity contribution < 1.29 is 19.1 Å². The number of Topliss-reactive ketones (excluding diaryl/α,β-unsaturated/α-hetero) is 1. The average molecular weight is 326 g/mol. The summed E-state index contributed by atoms with van der Waals surface area (Å²) in [4.78, 5) is 34.5. The molecule has 0 radical (unpaired) electrons. The van der Waals surface area contributed by atoms with Crippen molar-refractivity contribution in [3.8, 4) is 5.75 Å². The zero-order valence-electron chi connectivity index (χ0n) is 13.0. The largest absolute Gasteiger partial charge is 0.484 e. The average Bonchev–Trinajstić information content (AvgIpc) is 2.60. The van der Waals surface area contributed by atoms with Crippen molar-refractivity contribution in [2.45, 2.75) is 12.8 Å². The molecule has 124 valence electrons. The van der Waals surface area contributed by atoms with E-state index in [9.17, 15) is 14.4 Å². The van der Waals surface area contributed by atoms with E-state index in [2.05, 4.69) is 5.32 Å². The number of nitrogens with one attached hydrogen (secondary N) is 1. The van der Waals surface area contributed by atoms with Gasteiger partial charge in [-0.05, 0) is 24.3 Å². The minimum atomic E-state index is -0.560. The van der Waals surface area contributed by atoms with Crippen LogP contribution < -0.4 is 15.8 Å². The quantitative estimate of drug-likeness (QED) is 0.726.